The summed E-state index contributed by atoms with van der Waals surface area (Å²) in [7, 11) is 0. The lowest BCUT2D eigenvalue weighted by molar-refractivity contribution is -0.127. The smallest absolute Gasteiger partial charge is 0.280 e. The fraction of sp³-hybridized carbons (Fsp3) is 0.143. The number of amides is 1. The number of hydrogen-bond acceptors (Lipinski definition) is 3. The largest absolute Gasteiger partial charge is 0.481 e. The van der Waals surface area contributed by atoms with Gasteiger partial charge in [-0.25, -0.2) is 5.43 Å². The summed E-state index contributed by atoms with van der Waals surface area (Å²) in [4.78, 5) is 12.1. The van der Waals surface area contributed by atoms with Crippen LogP contribution in [0.4, 0.5) is 0 Å². The third-order valence-electron chi connectivity index (χ3n) is 3.97. The Bertz CT molecular complexity index is 918. The molecule has 0 bridgehead atoms. The number of carbonyl (C=O) groups is 1. The zero-order valence-corrected chi connectivity index (χ0v) is 14.3. The molecule has 0 fully saturated rings. The molecule has 0 saturated carbocycles. The molecule has 0 aliphatic heterocycles. The quantitative estimate of drug-likeness (QED) is 0.566. The highest BCUT2D eigenvalue weighted by Crippen LogP contribution is 2.21. The van der Waals surface area contributed by atoms with Crippen LogP contribution in [0.25, 0.3) is 10.8 Å². The summed E-state index contributed by atoms with van der Waals surface area (Å²) in [5.74, 6) is 0.363. The Hall–Kier alpha value is -3.14. The topological polar surface area (TPSA) is 50.7 Å². The molecular weight excluding hydrogens is 312 g/mol. The molecule has 1 amide bonds. The normalized spacial score (nSPS) is 12.2. The van der Waals surface area contributed by atoms with Crippen molar-refractivity contribution < 1.29 is 9.53 Å². The van der Waals surface area contributed by atoms with E-state index in [2.05, 4.69) is 10.5 Å². The summed E-state index contributed by atoms with van der Waals surface area (Å²) in [6.07, 6.45) is 0.992. The van der Waals surface area contributed by atoms with Gasteiger partial charge in [-0.3, -0.25) is 4.79 Å². The minimum absolute atomic E-state index is 0.294. The van der Waals surface area contributed by atoms with Gasteiger partial charge in [0.05, 0.1) is 6.21 Å². The summed E-state index contributed by atoms with van der Waals surface area (Å²) < 4.78 is 5.72. The van der Waals surface area contributed by atoms with Crippen LogP contribution in [0, 0.1) is 6.92 Å². The molecular formula is C21H20N2O2. The van der Waals surface area contributed by atoms with Gasteiger partial charge in [0.25, 0.3) is 5.91 Å². The molecule has 1 N–H and O–H groups in total. The predicted octanol–water partition coefficient (Wildman–Crippen LogP) is 4.07. The summed E-state index contributed by atoms with van der Waals surface area (Å²) in [6, 6.07) is 21.6. The number of fused-ring (bicyclic) bond motifs is 1. The Morgan fingerprint density at radius 2 is 1.76 bits per heavy atom. The number of carbonyl (C=O) groups excluding carboxylic acids is 1. The molecule has 0 spiro atoms. The fourth-order valence-electron chi connectivity index (χ4n) is 2.49. The molecule has 0 aliphatic carbocycles. The SMILES string of the molecule is Cc1ccccc1/C=N/NC(=O)C(C)Oc1ccc2ccccc2c1. The van der Waals surface area contributed by atoms with Gasteiger partial charge in [0.1, 0.15) is 5.75 Å². The molecule has 0 aromatic heterocycles. The lowest BCUT2D eigenvalue weighted by Gasteiger charge is -2.13. The molecule has 0 radical (unpaired) electrons. The second-order valence-electron chi connectivity index (χ2n) is 5.86. The second kappa shape index (κ2) is 7.62. The predicted molar refractivity (Wildman–Crippen MR) is 101 cm³/mol. The first-order valence-corrected chi connectivity index (χ1v) is 8.17. The molecule has 3 aromatic rings. The first-order valence-electron chi connectivity index (χ1n) is 8.17. The van der Waals surface area contributed by atoms with Crippen LogP contribution in [0.2, 0.25) is 0 Å². The number of ether oxygens (including phenoxy) is 1. The number of nitrogens with zero attached hydrogens (tertiary/aromatic N) is 1. The Morgan fingerprint density at radius 3 is 2.56 bits per heavy atom. The Balaban J connectivity index is 1.61. The molecule has 3 rings (SSSR count). The van der Waals surface area contributed by atoms with Crippen LogP contribution < -0.4 is 10.2 Å². The second-order valence-corrected chi connectivity index (χ2v) is 5.86. The minimum atomic E-state index is -0.643. The van der Waals surface area contributed by atoms with E-state index in [1.54, 1.807) is 13.1 Å². The standard InChI is InChI=1S/C21H20N2O2/c1-15-7-3-4-10-19(15)14-22-23-21(24)16(2)25-20-12-11-17-8-5-6-9-18(17)13-20/h3-14,16H,1-2H3,(H,23,24)/b22-14+. The van der Waals surface area contributed by atoms with Crippen LogP contribution in [0.1, 0.15) is 18.1 Å². The van der Waals surface area contributed by atoms with Gasteiger partial charge in [-0.05, 0) is 47.9 Å². The van der Waals surface area contributed by atoms with Gasteiger partial charge >= 0.3 is 0 Å². The average Bonchev–Trinajstić information content (AvgIpc) is 2.63. The first-order chi connectivity index (χ1) is 12.1. The maximum absolute atomic E-state index is 12.1. The van der Waals surface area contributed by atoms with Crippen molar-refractivity contribution in [3.8, 4) is 5.75 Å². The highest BCUT2D eigenvalue weighted by molar-refractivity contribution is 5.86. The van der Waals surface area contributed by atoms with E-state index in [4.69, 9.17) is 4.74 Å². The minimum Gasteiger partial charge on any atom is -0.481 e. The number of benzene rings is 3. The van der Waals surface area contributed by atoms with Gasteiger partial charge in [0, 0.05) is 0 Å². The monoisotopic (exact) mass is 332 g/mol. The molecule has 126 valence electrons. The number of hydrazone groups is 1. The molecule has 1 atom stereocenters. The molecule has 4 heteroatoms. The fourth-order valence-corrected chi connectivity index (χ4v) is 2.49. The van der Waals surface area contributed by atoms with Crippen LogP contribution in [0.5, 0.6) is 5.75 Å². The Kier molecular flexibility index (Phi) is 5.09. The number of rotatable bonds is 5. The molecule has 0 saturated heterocycles. The van der Waals surface area contributed by atoms with Crippen molar-refractivity contribution in [1.29, 1.82) is 0 Å². The lowest BCUT2D eigenvalue weighted by atomic mass is 10.1. The maximum atomic E-state index is 12.1. The lowest BCUT2D eigenvalue weighted by Crippen LogP contribution is -2.33. The van der Waals surface area contributed by atoms with E-state index in [0.717, 1.165) is 21.9 Å². The van der Waals surface area contributed by atoms with Crippen molar-refractivity contribution >= 4 is 22.9 Å². The summed E-state index contributed by atoms with van der Waals surface area (Å²) >= 11 is 0. The molecule has 0 aliphatic rings. The summed E-state index contributed by atoms with van der Waals surface area (Å²) in [6.45, 7) is 3.70. The number of hydrogen-bond donors (Lipinski definition) is 1. The molecule has 4 nitrogen and oxygen atoms in total. The Labute approximate surface area is 147 Å². The first kappa shape index (κ1) is 16.7. The van der Waals surface area contributed by atoms with Crippen molar-refractivity contribution in [2.75, 3.05) is 0 Å². The van der Waals surface area contributed by atoms with Crippen molar-refractivity contribution in [3.63, 3.8) is 0 Å². The van der Waals surface area contributed by atoms with E-state index in [0.29, 0.717) is 5.75 Å². The van der Waals surface area contributed by atoms with Crippen LogP contribution in [0.15, 0.2) is 71.8 Å². The van der Waals surface area contributed by atoms with Crippen LogP contribution in [-0.2, 0) is 4.79 Å². The van der Waals surface area contributed by atoms with Crippen molar-refractivity contribution in [1.82, 2.24) is 5.43 Å². The maximum Gasteiger partial charge on any atom is 0.280 e. The summed E-state index contributed by atoms with van der Waals surface area (Å²) in [5, 5.41) is 6.22. The van der Waals surface area contributed by atoms with E-state index < -0.39 is 6.10 Å². The van der Waals surface area contributed by atoms with E-state index in [9.17, 15) is 4.79 Å². The molecule has 25 heavy (non-hydrogen) atoms. The highest BCUT2D eigenvalue weighted by atomic mass is 16.5. The average molecular weight is 332 g/mol. The zero-order chi connectivity index (χ0) is 17.6. The molecule has 1 unspecified atom stereocenters. The van der Waals surface area contributed by atoms with E-state index in [1.807, 2.05) is 73.7 Å². The van der Waals surface area contributed by atoms with Crippen molar-refractivity contribution in [3.05, 3.63) is 77.9 Å². The third-order valence-corrected chi connectivity index (χ3v) is 3.97. The van der Waals surface area contributed by atoms with Gasteiger partial charge < -0.3 is 4.74 Å². The van der Waals surface area contributed by atoms with Gasteiger partial charge in [0.2, 0.25) is 0 Å². The highest BCUT2D eigenvalue weighted by Gasteiger charge is 2.14. The van der Waals surface area contributed by atoms with Gasteiger partial charge in [-0.2, -0.15) is 5.10 Å². The summed E-state index contributed by atoms with van der Waals surface area (Å²) in [5.41, 5.74) is 4.58. The van der Waals surface area contributed by atoms with Gasteiger partial charge in [0.15, 0.2) is 6.10 Å². The van der Waals surface area contributed by atoms with Crippen molar-refractivity contribution in [2.45, 2.75) is 20.0 Å². The van der Waals surface area contributed by atoms with Crippen molar-refractivity contribution in [2.24, 2.45) is 5.10 Å². The van der Waals surface area contributed by atoms with Crippen LogP contribution in [-0.4, -0.2) is 18.2 Å². The van der Waals surface area contributed by atoms with E-state index >= 15 is 0 Å². The zero-order valence-electron chi connectivity index (χ0n) is 14.3. The Morgan fingerprint density at radius 1 is 1.04 bits per heavy atom. The van der Waals surface area contributed by atoms with Crippen LogP contribution in [0.3, 0.4) is 0 Å². The van der Waals surface area contributed by atoms with E-state index in [1.165, 1.54) is 0 Å². The van der Waals surface area contributed by atoms with Gasteiger partial charge in [-0.15, -0.1) is 0 Å². The van der Waals surface area contributed by atoms with E-state index in [-0.39, 0.29) is 5.91 Å². The van der Waals surface area contributed by atoms with Crippen LogP contribution >= 0.6 is 0 Å². The van der Waals surface area contributed by atoms with Gasteiger partial charge in [-0.1, -0.05) is 54.6 Å². The third kappa shape index (κ3) is 4.23. The molecule has 3 aromatic carbocycles. The molecule has 0 heterocycles. The number of nitrogens with one attached hydrogen (secondary N) is 1. The number of aryl methyl sites for hydroxylation is 1.